The van der Waals surface area contributed by atoms with Crippen LogP contribution in [0.25, 0.3) is 11.1 Å². The van der Waals surface area contributed by atoms with E-state index >= 15 is 0 Å². The molecule has 0 saturated carbocycles. The van der Waals surface area contributed by atoms with E-state index < -0.39 is 0 Å². The lowest BCUT2D eigenvalue weighted by Gasteiger charge is -2.16. The molecule has 0 N–H and O–H groups in total. The first-order valence-electron chi connectivity index (χ1n) is 9.50. The zero-order valence-corrected chi connectivity index (χ0v) is 16.9. The Balaban J connectivity index is 1.59. The van der Waals surface area contributed by atoms with Crippen molar-refractivity contribution in [3.05, 3.63) is 64.1 Å². The molecule has 0 amide bonds. The van der Waals surface area contributed by atoms with E-state index in [9.17, 15) is 0 Å². The minimum atomic E-state index is 0.466. The summed E-state index contributed by atoms with van der Waals surface area (Å²) in [6, 6.07) is 11.9. The lowest BCUT2D eigenvalue weighted by atomic mass is 10.0. The van der Waals surface area contributed by atoms with E-state index in [1.807, 2.05) is 29.9 Å². The fourth-order valence-electron chi connectivity index (χ4n) is 3.85. The molecule has 0 bridgehead atoms. The van der Waals surface area contributed by atoms with Crippen molar-refractivity contribution < 1.29 is 0 Å². The summed E-state index contributed by atoms with van der Waals surface area (Å²) in [6.07, 6.45) is 4.44. The Bertz CT molecular complexity index is 1040. The molecule has 1 fully saturated rings. The maximum atomic E-state index is 9.09. The number of aromatic nitrogens is 3. The number of benzene rings is 1. The van der Waals surface area contributed by atoms with Crippen LogP contribution in [0.3, 0.4) is 0 Å². The number of pyridine rings is 1. The van der Waals surface area contributed by atoms with Gasteiger partial charge in [0.15, 0.2) is 0 Å². The lowest BCUT2D eigenvalue weighted by Crippen LogP contribution is -2.18. The van der Waals surface area contributed by atoms with E-state index in [2.05, 4.69) is 35.0 Å². The summed E-state index contributed by atoms with van der Waals surface area (Å²) in [6.45, 7) is 6.93. The van der Waals surface area contributed by atoms with E-state index in [0.717, 1.165) is 47.0 Å². The molecule has 2 aromatic heterocycles. The normalized spacial score (nSPS) is 13.7. The average molecular weight is 392 g/mol. The van der Waals surface area contributed by atoms with Crippen molar-refractivity contribution in [1.29, 1.82) is 5.26 Å². The minimum absolute atomic E-state index is 0.466. The molecule has 1 aromatic carbocycles. The van der Waals surface area contributed by atoms with Crippen LogP contribution in [0.2, 0.25) is 5.02 Å². The molecule has 142 valence electrons. The maximum Gasteiger partial charge on any atom is 0.128 e. The monoisotopic (exact) mass is 391 g/mol. The molecule has 1 saturated heterocycles. The zero-order chi connectivity index (χ0) is 19.7. The molecule has 0 spiro atoms. The van der Waals surface area contributed by atoms with Crippen LogP contribution >= 0.6 is 11.6 Å². The first-order valence-corrected chi connectivity index (χ1v) is 9.88. The highest BCUT2D eigenvalue weighted by atomic mass is 35.5. The number of nitrogens with zero attached hydrogens (tertiary/aromatic N) is 5. The Morgan fingerprint density at radius 2 is 1.93 bits per heavy atom. The van der Waals surface area contributed by atoms with E-state index in [4.69, 9.17) is 22.0 Å². The first kappa shape index (κ1) is 18.5. The number of hydrogen-bond donors (Lipinski definition) is 0. The van der Waals surface area contributed by atoms with Gasteiger partial charge in [0, 0.05) is 30.5 Å². The van der Waals surface area contributed by atoms with E-state index in [0.29, 0.717) is 17.1 Å². The van der Waals surface area contributed by atoms with Crippen LogP contribution in [0.15, 0.2) is 36.5 Å². The van der Waals surface area contributed by atoms with Gasteiger partial charge in [-0.1, -0.05) is 23.7 Å². The van der Waals surface area contributed by atoms with Gasteiger partial charge in [-0.3, -0.25) is 4.68 Å². The predicted octanol–water partition coefficient (Wildman–Crippen LogP) is 4.74. The van der Waals surface area contributed by atoms with Crippen molar-refractivity contribution in [2.45, 2.75) is 33.2 Å². The Morgan fingerprint density at radius 3 is 2.57 bits per heavy atom. The average Bonchev–Trinajstić information content (AvgIpc) is 3.31. The van der Waals surface area contributed by atoms with Crippen LogP contribution in [0.1, 0.15) is 35.4 Å². The predicted molar refractivity (Wildman–Crippen MR) is 112 cm³/mol. The Kier molecular flexibility index (Phi) is 5.06. The summed E-state index contributed by atoms with van der Waals surface area (Å²) in [5, 5.41) is 14.3. The molecule has 3 heterocycles. The molecule has 28 heavy (non-hydrogen) atoms. The quantitative estimate of drug-likeness (QED) is 0.644. The summed E-state index contributed by atoms with van der Waals surface area (Å²) in [4.78, 5) is 6.97. The Hall–Kier alpha value is -2.84. The number of halogens is 1. The third-order valence-electron chi connectivity index (χ3n) is 5.33. The van der Waals surface area contributed by atoms with Gasteiger partial charge in [0.05, 0.1) is 22.8 Å². The number of anilines is 1. The van der Waals surface area contributed by atoms with Gasteiger partial charge in [0.25, 0.3) is 0 Å². The molecule has 3 aromatic rings. The number of rotatable bonds is 4. The number of aryl methyl sites for hydroxylation is 1. The fraction of sp³-hybridized carbons (Fsp3) is 0.318. The summed E-state index contributed by atoms with van der Waals surface area (Å²) in [5.41, 5.74) is 5.66. The molecular weight excluding hydrogens is 370 g/mol. The van der Waals surface area contributed by atoms with E-state index in [1.165, 1.54) is 12.8 Å². The van der Waals surface area contributed by atoms with Gasteiger partial charge in [-0.25, -0.2) is 4.98 Å². The summed E-state index contributed by atoms with van der Waals surface area (Å²) < 4.78 is 2.00. The molecule has 6 heteroatoms. The summed E-state index contributed by atoms with van der Waals surface area (Å²) in [7, 11) is 0. The topological polar surface area (TPSA) is 57.7 Å². The van der Waals surface area contributed by atoms with Gasteiger partial charge in [0.2, 0.25) is 0 Å². The summed E-state index contributed by atoms with van der Waals surface area (Å²) >= 11 is 6.23. The second-order valence-electron chi connectivity index (χ2n) is 7.23. The second kappa shape index (κ2) is 7.65. The van der Waals surface area contributed by atoms with Crippen LogP contribution in [0.5, 0.6) is 0 Å². The minimum Gasteiger partial charge on any atom is -0.357 e. The van der Waals surface area contributed by atoms with Crippen molar-refractivity contribution in [2.75, 3.05) is 18.0 Å². The molecule has 1 aliphatic heterocycles. The molecule has 1 aliphatic rings. The molecule has 0 radical (unpaired) electrons. The smallest absolute Gasteiger partial charge is 0.128 e. The fourth-order valence-corrected chi connectivity index (χ4v) is 4.07. The van der Waals surface area contributed by atoms with Crippen molar-refractivity contribution in [1.82, 2.24) is 14.8 Å². The standard InChI is InChI=1S/C22H22ClN5/c1-15-22(18-6-7-19(12-24)20(23)11-18)16(2)28(26-15)14-17-5-8-21(25-13-17)27-9-3-4-10-27/h5-8,11,13H,3-4,9-10,14H2,1-2H3. The summed E-state index contributed by atoms with van der Waals surface area (Å²) in [5.74, 6) is 1.06. The highest BCUT2D eigenvalue weighted by molar-refractivity contribution is 6.32. The van der Waals surface area contributed by atoms with E-state index in [1.54, 1.807) is 6.07 Å². The zero-order valence-electron chi connectivity index (χ0n) is 16.1. The largest absolute Gasteiger partial charge is 0.357 e. The second-order valence-corrected chi connectivity index (χ2v) is 7.64. The highest BCUT2D eigenvalue weighted by Crippen LogP contribution is 2.30. The Labute approximate surface area is 170 Å². The molecule has 0 aliphatic carbocycles. The van der Waals surface area contributed by atoms with Gasteiger partial charge in [-0.05, 0) is 56.0 Å². The SMILES string of the molecule is Cc1nn(Cc2ccc(N3CCCC3)nc2)c(C)c1-c1ccc(C#N)c(Cl)c1. The molecule has 4 rings (SSSR count). The maximum absolute atomic E-state index is 9.09. The molecule has 0 atom stereocenters. The van der Waals surface area contributed by atoms with Gasteiger partial charge in [-0.15, -0.1) is 0 Å². The lowest BCUT2D eigenvalue weighted by molar-refractivity contribution is 0.657. The van der Waals surface area contributed by atoms with E-state index in [-0.39, 0.29) is 0 Å². The molecule has 0 unspecified atom stereocenters. The number of hydrogen-bond acceptors (Lipinski definition) is 4. The third kappa shape index (κ3) is 3.48. The first-order chi connectivity index (χ1) is 13.6. The number of nitriles is 1. The third-order valence-corrected chi connectivity index (χ3v) is 5.64. The van der Waals surface area contributed by atoms with Gasteiger partial charge in [-0.2, -0.15) is 10.4 Å². The Morgan fingerprint density at radius 1 is 1.14 bits per heavy atom. The van der Waals surface area contributed by atoms with Crippen LogP contribution in [0.4, 0.5) is 5.82 Å². The van der Waals surface area contributed by atoms with Gasteiger partial charge in [0.1, 0.15) is 11.9 Å². The van der Waals surface area contributed by atoms with Crippen molar-refractivity contribution in [2.24, 2.45) is 0 Å². The molecular formula is C22H22ClN5. The van der Waals surface area contributed by atoms with Crippen molar-refractivity contribution in [3.63, 3.8) is 0 Å². The van der Waals surface area contributed by atoms with Crippen LogP contribution in [0, 0.1) is 25.2 Å². The van der Waals surface area contributed by atoms with Crippen LogP contribution in [-0.4, -0.2) is 27.9 Å². The van der Waals surface area contributed by atoms with Crippen LogP contribution < -0.4 is 4.90 Å². The highest BCUT2D eigenvalue weighted by Gasteiger charge is 2.16. The molecule has 5 nitrogen and oxygen atoms in total. The van der Waals surface area contributed by atoms with Crippen molar-refractivity contribution in [3.8, 4) is 17.2 Å². The van der Waals surface area contributed by atoms with Gasteiger partial charge < -0.3 is 4.90 Å². The van der Waals surface area contributed by atoms with Crippen molar-refractivity contribution >= 4 is 17.4 Å². The van der Waals surface area contributed by atoms with Crippen LogP contribution in [-0.2, 0) is 6.54 Å². The van der Waals surface area contributed by atoms with Gasteiger partial charge >= 0.3 is 0 Å².